The second kappa shape index (κ2) is 6.43. The molecule has 1 aliphatic heterocycles. The highest BCUT2D eigenvalue weighted by Gasteiger charge is 2.44. The molecule has 136 valence electrons. The third-order valence-corrected chi connectivity index (χ3v) is 7.21. The summed E-state index contributed by atoms with van der Waals surface area (Å²) in [4.78, 5) is 12.5. The lowest BCUT2D eigenvalue weighted by atomic mass is 9.96. The molecule has 5 nitrogen and oxygen atoms in total. The van der Waals surface area contributed by atoms with Crippen LogP contribution in [0.2, 0.25) is 0 Å². The Morgan fingerprint density at radius 3 is 2.31 bits per heavy atom. The van der Waals surface area contributed by atoms with Crippen molar-refractivity contribution in [1.29, 1.82) is 0 Å². The highest BCUT2D eigenvalue weighted by atomic mass is 32.2. The third kappa shape index (κ3) is 3.21. The molecule has 26 heavy (non-hydrogen) atoms. The summed E-state index contributed by atoms with van der Waals surface area (Å²) < 4.78 is 25.4. The van der Waals surface area contributed by atoms with E-state index in [2.05, 4.69) is 17.4 Å². The predicted octanol–water partition coefficient (Wildman–Crippen LogP) is 2.69. The Balaban J connectivity index is 1.41. The summed E-state index contributed by atoms with van der Waals surface area (Å²) in [7, 11) is -3.19. The van der Waals surface area contributed by atoms with E-state index in [1.807, 2.05) is 18.2 Å². The molecule has 2 fully saturated rings. The Morgan fingerprint density at radius 2 is 1.73 bits per heavy atom. The molecular weight excluding hydrogens is 348 g/mol. The summed E-state index contributed by atoms with van der Waals surface area (Å²) in [5.41, 5.74) is 2.52. The fourth-order valence-corrected chi connectivity index (χ4v) is 5.13. The smallest absolute Gasteiger partial charge is 0.251 e. The summed E-state index contributed by atoms with van der Waals surface area (Å²) >= 11 is 0. The standard InChI is InChI=1S/C20H22N2O3S/c23-19(21-15-20(11-12-20)17-5-2-1-3-6-17)16-7-9-18(10-8-16)22-13-4-14-26(22,24)25/h1-3,5-10H,4,11-15H2,(H,21,23). The molecule has 1 amide bonds. The zero-order valence-corrected chi connectivity index (χ0v) is 15.3. The van der Waals surface area contributed by atoms with Crippen LogP contribution in [0.25, 0.3) is 0 Å². The number of nitrogens with one attached hydrogen (secondary N) is 1. The monoisotopic (exact) mass is 370 g/mol. The molecule has 4 rings (SSSR count). The van der Waals surface area contributed by atoms with Gasteiger partial charge in [-0.2, -0.15) is 0 Å². The number of nitrogens with zero attached hydrogens (tertiary/aromatic N) is 1. The molecule has 1 saturated carbocycles. The van der Waals surface area contributed by atoms with E-state index in [4.69, 9.17) is 0 Å². The number of sulfonamides is 1. The van der Waals surface area contributed by atoms with Gasteiger partial charge in [-0.15, -0.1) is 0 Å². The van der Waals surface area contributed by atoms with Crippen LogP contribution in [0, 0.1) is 0 Å². The van der Waals surface area contributed by atoms with E-state index in [0.29, 0.717) is 30.8 Å². The first-order chi connectivity index (χ1) is 12.5. The molecule has 0 radical (unpaired) electrons. The van der Waals surface area contributed by atoms with Gasteiger partial charge in [0.25, 0.3) is 5.91 Å². The van der Waals surface area contributed by atoms with Crippen molar-refractivity contribution in [3.63, 3.8) is 0 Å². The van der Waals surface area contributed by atoms with Crippen LogP contribution < -0.4 is 9.62 Å². The number of benzene rings is 2. The first-order valence-electron chi connectivity index (χ1n) is 8.94. The van der Waals surface area contributed by atoms with Gasteiger partial charge in [0, 0.05) is 24.1 Å². The van der Waals surface area contributed by atoms with E-state index in [1.165, 1.54) is 9.87 Å². The van der Waals surface area contributed by atoms with Crippen LogP contribution in [0.5, 0.6) is 0 Å². The van der Waals surface area contributed by atoms with E-state index >= 15 is 0 Å². The van der Waals surface area contributed by atoms with Crippen LogP contribution in [0.4, 0.5) is 5.69 Å². The van der Waals surface area contributed by atoms with Gasteiger partial charge >= 0.3 is 0 Å². The van der Waals surface area contributed by atoms with Crippen molar-refractivity contribution in [2.45, 2.75) is 24.7 Å². The predicted molar refractivity (Wildman–Crippen MR) is 102 cm³/mol. The maximum atomic E-state index is 12.5. The fourth-order valence-electron chi connectivity index (χ4n) is 3.57. The molecule has 1 aliphatic carbocycles. The Bertz CT molecular complexity index is 904. The van der Waals surface area contributed by atoms with Gasteiger partial charge in [-0.05, 0) is 49.1 Å². The number of carbonyl (C=O) groups is 1. The molecule has 0 aromatic heterocycles. The maximum Gasteiger partial charge on any atom is 0.251 e. The molecule has 2 aliphatic rings. The van der Waals surface area contributed by atoms with Crippen LogP contribution >= 0.6 is 0 Å². The summed E-state index contributed by atoms with van der Waals surface area (Å²) in [6, 6.07) is 17.1. The lowest BCUT2D eigenvalue weighted by Crippen LogP contribution is -2.32. The second-order valence-electron chi connectivity index (χ2n) is 7.12. The number of hydrogen-bond acceptors (Lipinski definition) is 3. The highest BCUT2D eigenvalue weighted by Crippen LogP contribution is 2.47. The average molecular weight is 370 g/mol. The van der Waals surface area contributed by atoms with E-state index in [1.54, 1.807) is 24.3 Å². The molecule has 1 saturated heterocycles. The lowest BCUT2D eigenvalue weighted by molar-refractivity contribution is 0.0949. The molecule has 2 aromatic rings. The number of hydrogen-bond donors (Lipinski definition) is 1. The highest BCUT2D eigenvalue weighted by molar-refractivity contribution is 7.93. The van der Waals surface area contributed by atoms with Crippen molar-refractivity contribution < 1.29 is 13.2 Å². The Hall–Kier alpha value is -2.34. The van der Waals surface area contributed by atoms with E-state index in [-0.39, 0.29) is 17.1 Å². The maximum absolute atomic E-state index is 12.5. The van der Waals surface area contributed by atoms with Gasteiger partial charge < -0.3 is 5.32 Å². The molecule has 2 aromatic carbocycles. The van der Waals surface area contributed by atoms with Gasteiger partial charge in [0.15, 0.2) is 0 Å². The molecule has 0 spiro atoms. The van der Waals surface area contributed by atoms with Gasteiger partial charge in [0.05, 0.1) is 11.4 Å². The minimum absolute atomic E-state index is 0.0699. The van der Waals surface area contributed by atoms with Crippen LogP contribution in [-0.4, -0.2) is 33.2 Å². The largest absolute Gasteiger partial charge is 0.351 e. The fraction of sp³-hybridized carbons (Fsp3) is 0.350. The summed E-state index contributed by atoms with van der Waals surface area (Å²) in [6.45, 7) is 1.13. The summed E-state index contributed by atoms with van der Waals surface area (Å²) in [5.74, 6) is 0.0691. The molecule has 1 heterocycles. The lowest BCUT2D eigenvalue weighted by Gasteiger charge is -2.18. The van der Waals surface area contributed by atoms with Gasteiger partial charge in [-0.1, -0.05) is 30.3 Å². The average Bonchev–Trinajstić information content (AvgIpc) is 3.37. The second-order valence-corrected chi connectivity index (χ2v) is 9.13. The number of anilines is 1. The SMILES string of the molecule is O=C(NCC1(c2ccccc2)CC1)c1ccc(N2CCCS2(=O)=O)cc1. The normalized spacial score (nSPS) is 19.9. The minimum atomic E-state index is -3.19. The van der Waals surface area contributed by atoms with Gasteiger partial charge in [-0.3, -0.25) is 9.10 Å². The Morgan fingerprint density at radius 1 is 1.04 bits per heavy atom. The molecule has 1 N–H and O–H groups in total. The van der Waals surface area contributed by atoms with Crippen molar-refractivity contribution in [1.82, 2.24) is 5.32 Å². The molecular formula is C20H22N2O3S. The first kappa shape index (κ1) is 17.1. The Kier molecular flexibility index (Phi) is 4.23. The van der Waals surface area contributed by atoms with Crippen LogP contribution in [-0.2, 0) is 15.4 Å². The quantitative estimate of drug-likeness (QED) is 0.880. The number of amides is 1. The summed E-state index contributed by atoms with van der Waals surface area (Å²) in [5, 5.41) is 3.03. The van der Waals surface area contributed by atoms with Gasteiger partial charge in [-0.25, -0.2) is 8.42 Å². The van der Waals surface area contributed by atoms with Crippen LogP contribution in [0.1, 0.15) is 35.2 Å². The van der Waals surface area contributed by atoms with E-state index in [0.717, 1.165) is 12.8 Å². The van der Waals surface area contributed by atoms with Crippen LogP contribution in [0.3, 0.4) is 0 Å². The zero-order chi connectivity index (χ0) is 18.2. The van der Waals surface area contributed by atoms with Crippen LogP contribution in [0.15, 0.2) is 54.6 Å². The molecule has 6 heteroatoms. The van der Waals surface area contributed by atoms with Gasteiger partial charge in [0.1, 0.15) is 0 Å². The van der Waals surface area contributed by atoms with Gasteiger partial charge in [0.2, 0.25) is 10.0 Å². The first-order valence-corrected chi connectivity index (χ1v) is 10.6. The topological polar surface area (TPSA) is 66.5 Å². The summed E-state index contributed by atoms with van der Waals surface area (Å²) in [6.07, 6.45) is 2.82. The minimum Gasteiger partial charge on any atom is -0.351 e. The number of rotatable bonds is 5. The van der Waals surface area contributed by atoms with Crippen molar-refractivity contribution >= 4 is 21.6 Å². The van der Waals surface area contributed by atoms with Crippen molar-refractivity contribution in [3.8, 4) is 0 Å². The third-order valence-electron chi connectivity index (χ3n) is 5.34. The number of carbonyl (C=O) groups excluding carboxylic acids is 1. The molecule has 0 atom stereocenters. The van der Waals surface area contributed by atoms with E-state index in [9.17, 15) is 13.2 Å². The van der Waals surface area contributed by atoms with Crippen molar-refractivity contribution in [2.75, 3.05) is 23.1 Å². The van der Waals surface area contributed by atoms with E-state index < -0.39 is 10.0 Å². The zero-order valence-electron chi connectivity index (χ0n) is 14.5. The molecule has 0 bridgehead atoms. The Labute approximate surface area is 154 Å². The van der Waals surface area contributed by atoms with Crippen molar-refractivity contribution in [3.05, 3.63) is 65.7 Å². The molecule has 0 unspecified atom stereocenters. The van der Waals surface area contributed by atoms with Crippen molar-refractivity contribution in [2.24, 2.45) is 0 Å².